The lowest BCUT2D eigenvalue weighted by Crippen LogP contribution is -2.20. The van der Waals surface area contributed by atoms with E-state index in [0.717, 1.165) is 5.56 Å². The smallest absolute Gasteiger partial charge is 0.337 e. The maximum atomic E-state index is 11.8. The minimum atomic E-state index is -1.16. The molecule has 0 saturated carbocycles. The number of aryl methyl sites for hydroxylation is 1. The summed E-state index contributed by atoms with van der Waals surface area (Å²) in [5.41, 5.74) is 1.37. The van der Waals surface area contributed by atoms with E-state index in [-0.39, 0.29) is 23.1 Å². The molecule has 2 N–H and O–H groups in total. The average molecular weight is 320 g/mol. The van der Waals surface area contributed by atoms with Gasteiger partial charge >= 0.3 is 5.97 Å². The first-order valence-electron chi connectivity index (χ1n) is 6.48. The zero-order chi connectivity index (χ0) is 16.1. The molecule has 5 nitrogen and oxygen atoms in total. The third kappa shape index (κ3) is 4.23. The molecule has 0 saturated heterocycles. The molecule has 2 aromatic carbocycles. The summed E-state index contributed by atoms with van der Waals surface area (Å²) in [6.45, 7) is 1.78. The van der Waals surface area contributed by atoms with E-state index in [0.29, 0.717) is 11.4 Å². The van der Waals surface area contributed by atoms with Crippen molar-refractivity contribution in [3.05, 3.63) is 58.6 Å². The summed E-state index contributed by atoms with van der Waals surface area (Å²) < 4.78 is 5.34. The number of amides is 1. The molecule has 0 aliphatic heterocycles. The van der Waals surface area contributed by atoms with Gasteiger partial charge < -0.3 is 15.2 Å². The van der Waals surface area contributed by atoms with Crippen molar-refractivity contribution in [3.63, 3.8) is 0 Å². The van der Waals surface area contributed by atoms with E-state index in [9.17, 15) is 9.59 Å². The zero-order valence-electron chi connectivity index (χ0n) is 11.8. The van der Waals surface area contributed by atoms with Crippen LogP contribution in [0.2, 0.25) is 5.02 Å². The van der Waals surface area contributed by atoms with Gasteiger partial charge in [0.15, 0.2) is 6.61 Å². The standard InChI is InChI=1S/C16H14ClNO4/c1-10-2-5-12(6-3-10)22-9-15(19)18-11-4-7-14(17)13(8-11)16(20)21/h2-8H,9H2,1H3,(H,18,19)(H,20,21). The second kappa shape index (κ2) is 6.95. The second-order valence-electron chi connectivity index (χ2n) is 4.65. The van der Waals surface area contributed by atoms with Gasteiger partial charge in [-0.2, -0.15) is 0 Å². The molecule has 0 fully saturated rings. The number of halogens is 1. The Bertz CT molecular complexity index is 698. The second-order valence-corrected chi connectivity index (χ2v) is 5.06. The van der Waals surface area contributed by atoms with Gasteiger partial charge in [-0.15, -0.1) is 0 Å². The minimum Gasteiger partial charge on any atom is -0.484 e. The van der Waals surface area contributed by atoms with E-state index in [2.05, 4.69) is 5.32 Å². The highest BCUT2D eigenvalue weighted by Crippen LogP contribution is 2.20. The van der Waals surface area contributed by atoms with Crippen molar-refractivity contribution < 1.29 is 19.4 Å². The number of ether oxygens (including phenoxy) is 1. The number of carbonyl (C=O) groups is 2. The molecule has 0 spiro atoms. The fraction of sp³-hybridized carbons (Fsp3) is 0.125. The zero-order valence-corrected chi connectivity index (χ0v) is 12.6. The number of hydrogen-bond donors (Lipinski definition) is 2. The van der Waals surface area contributed by atoms with Crippen molar-refractivity contribution in [2.45, 2.75) is 6.92 Å². The maximum absolute atomic E-state index is 11.8. The largest absolute Gasteiger partial charge is 0.484 e. The highest BCUT2D eigenvalue weighted by molar-refractivity contribution is 6.33. The summed E-state index contributed by atoms with van der Waals surface area (Å²) in [7, 11) is 0. The first-order valence-corrected chi connectivity index (χ1v) is 6.85. The lowest BCUT2D eigenvalue weighted by Gasteiger charge is -2.09. The molecule has 0 aromatic heterocycles. The average Bonchev–Trinajstić information content (AvgIpc) is 2.48. The van der Waals surface area contributed by atoms with Crippen LogP contribution in [-0.4, -0.2) is 23.6 Å². The number of carboxylic acid groups (broad SMARTS) is 1. The van der Waals surface area contributed by atoms with Gasteiger partial charge in [-0.3, -0.25) is 4.79 Å². The Hall–Kier alpha value is -2.53. The summed E-state index contributed by atoms with van der Waals surface area (Å²) in [4.78, 5) is 22.8. The third-order valence-corrected chi connectivity index (χ3v) is 3.20. The summed E-state index contributed by atoms with van der Waals surface area (Å²) in [6.07, 6.45) is 0. The van der Waals surface area contributed by atoms with Gasteiger partial charge in [0.25, 0.3) is 5.91 Å². The Balaban J connectivity index is 1.96. The summed E-state index contributed by atoms with van der Waals surface area (Å²) in [5.74, 6) is -0.959. The minimum absolute atomic E-state index is 0.0704. The topological polar surface area (TPSA) is 75.6 Å². The lowest BCUT2D eigenvalue weighted by molar-refractivity contribution is -0.118. The monoisotopic (exact) mass is 319 g/mol. The number of anilines is 1. The van der Waals surface area contributed by atoms with Crippen molar-refractivity contribution >= 4 is 29.2 Å². The van der Waals surface area contributed by atoms with E-state index < -0.39 is 5.97 Å². The number of benzene rings is 2. The molecule has 0 aliphatic carbocycles. The fourth-order valence-corrected chi connectivity index (χ4v) is 1.95. The van der Waals surface area contributed by atoms with Crippen molar-refractivity contribution in [3.8, 4) is 5.75 Å². The van der Waals surface area contributed by atoms with Gasteiger partial charge in [0.1, 0.15) is 5.75 Å². The highest BCUT2D eigenvalue weighted by atomic mass is 35.5. The van der Waals surface area contributed by atoms with Crippen LogP contribution in [0.4, 0.5) is 5.69 Å². The predicted molar refractivity (Wildman–Crippen MR) is 83.7 cm³/mol. The number of nitrogens with one attached hydrogen (secondary N) is 1. The van der Waals surface area contributed by atoms with Crippen LogP contribution in [0.5, 0.6) is 5.75 Å². The van der Waals surface area contributed by atoms with Crippen LogP contribution < -0.4 is 10.1 Å². The van der Waals surface area contributed by atoms with Gasteiger partial charge in [0, 0.05) is 5.69 Å². The summed E-state index contributed by atoms with van der Waals surface area (Å²) >= 11 is 5.76. The molecule has 0 atom stereocenters. The number of hydrogen-bond acceptors (Lipinski definition) is 3. The first kappa shape index (κ1) is 15.9. The Kier molecular flexibility index (Phi) is 5.01. The van der Waals surface area contributed by atoms with Gasteiger partial charge in [0.05, 0.1) is 10.6 Å². The van der Waals surface area contributed by atoms with Crippen LogP contribution in [0.25, 0.3) is 0 Å². The Morgan fingerprint density at radius 1 is 1.18 bits per heavy atom. The highest BCUT2D eigenvalue weighted by Gasteiger charge is 2.11. The lowest BCUT2D eigenvalue weighted by atomic mass is 10.2. The normalized spacial score (nSPS) is 10.1. The molecular formula is C16H14ClNO4. The number of carboxylic acids is 1. The summed E-state index contributed by atoms with van der Waals surface area (Å²) in [5, 5.41) is 11.6. The van der Waals surface area contributed by atoms with E-state index in [1.165, 1.54) is 18.2 Å². The molecule has 0 aliphatic rings. The summed E-state index contributed by atoms with van der Waals surface area (Å²) in [6, 6.07) is 11.5. The molecule has 2 rings (SSSR count). The molecule has 6 heteroatoms. The van der Waals surface area contributed by atoms with Gasteiger partial charge in [0.2, 0.25) is 0 Å². The van der Waals surface area contributed by atoms with E-state index in [1.54, 1.807) is 12.1 Å². The maximum Gasteiger partial charge on any atom is 0.337 e. The van der Waals surface area contributed by atoms with E-state index >= 15 is 0 Å². The van der Waals surface area contributed by atoms with Crippen LogP contribution in [0.3, 0.4) is 0 Å². The van der Waals surface area contributed by atoms with Gasteiger partial charge in [-0.05, 0) is 37.3 Å². The molecule has 0 unspecified atom stereocenters. The number of aromatic carboxylic acids is 1. The molecular weight excluding hydrogens is 306 g/mol. The molecule has 22 heavy (non-hydrogen) atoms. The SMILES string of the molecule is Cc1ccc(OCC(=O)Nc2ccc(Cl)c(C(=O)O)c2)cc1. The molecule has 0 bridgehead atoms. The fourth-order valence-electron chi connectivity index (χ4n) is 1.75. The van der Waals surface area contributed by atoms with Gasteiger partial charge in [-0.25, -0.2) is 4.79 Å². The van der Waals surface area contributed by atoms with Crippen LogP contribution in [-0.2, 0) is 4.79 Å². The molecule has 114 valence electrons. The predicted octanol–water partition coefficient (Wildman–Crippen LogP) is 3.36. The molecule has 0 radical (unpaired) electrons. The van der Waals surface area contributed by atoms with Crippen molar-refractivity contribution in [1.29, 1.82) is 0 Å². The number of rotatable bonds is 5. The van der Waals surface area contributed by atoms with Crippen LogP contribution >= 0.6 is 11.6 Å². The Labute approximate surface area is 132 Å². The van der Waals surface area contributed by atoms with E-state index in [4.69, 9.17) is 21.4 Å². The van der Waals surface area contributed by atoms with Crippen LogP contribution in [0.1, 0.15) is 15.9 Å². The van der Waals surface area contributed by atoms with E-state index in [1.807, 2.05) is 19.1 Å². The molecule has 0 heterocycles. The molecule has 2 aromatic rings. The van der Waals surface area contributed by atoms with Crippen molar-refractivity contribution in [2.75, 3.05) is 11.9 Å². The Morgan fingerprint density at radius 2 is 1.86 bits per heavy atom. The van der Waals surface area contributed by atoms with Crippen molar-refractivity contribution in [1.82, 2.24) is 0 Å². The Morgan fingerprint density at radius 3 is 2.50 bits per heavy atom. The van der Waals surface area contributed by atoms with Crippen LogP contribution in [0, 0.1) is 6.92 Å². The van der Waals surface area contributed by atoms with Crippen LogP contribution in [0.15, 0.2) is 42.5 Å². The first-order chi connectivity index (χ1) is 10.5. The number of carbonyl (C=O) groups excluding carboxylic acids is 1. The third-order valence-electron chi connectivity index (χ3n) is 2.87. The molecule has 1 amide bonds. The van der Waals surface area contributed by atoms with Gasteiger partial charge in [-0.1, -0.05) is 29.3 Å². The van der Waals surface area contributed by atoms with Crippen molar-refractivity contribution in [2.24, 2.45) is 0 Å². The quantitative estimate of drug-likeness (QED) is 0.886.